The molecular formula is C34H33ClF3N3O4S. The first-order valence-corrected chi connectivity index (χ1v) is 16.2. The second-order valence-corrected chi connectivity index (χ2v) is 12.8. The van der Waals surface area contributed by atoms with Crippen molar-refractivity contribution in [1.29, 1.82) is 0 Å². The van der Waals surface area contributed by atoms with Gasteiger partial charge in [0.15, 0.2) is 0 Å². The number of sulfonamides is 1. The fourth-order valence-corrected chi connectivity index (χ4v) is 6.65. The van der Waals surface area contributed by atoms with Crippen molar-refractivity contribution >= 4 is 39.1 Å². The van der Waals surface area contributed by atoms with Gasteiger partial charge in [0.2, 0.25) is 11.8 Å². The minimum atomic E-state index is -4.82. The molecule has 2 amide bonds. The van der Waals surface area contributed by atoms with Gasteiger partial charge in [-0.15, -0.1) is 0 Å². The topological polar surface area (TPSA) is 86.8 Å². The van der Waals surface area contributed by atoms with Gasteiger partial charge < -0.3 is 10.2 Å². The van der Waals surface area contributed by atoms with Crippen LogP contribution in [0.2, 0.25) is 5.02 Å². The molecular weight excluding hydrogens is 639 g/mol. The number of alkyl halides is 3. The lowest BCUT2D eigenvalue weighted by atomic mass is 10.0. The number of rotatable bonds is 12. The van der Waals surface area contributed by atoms with Crippen LogP contribution in [0.25, 0.3) is 0 Å². The summed E-state index contributed by atoms with van der Waals surface area (Å²) in [6.07, 6.45) is -4.72. The van der Waals surface area contributed by atoms with Gasteiger partial charge in [0.05, 0.1) is 21.2 Å². The van der Waals surface area contributed by atoms with Crippen molar-refractivity contribution in [2.45, 2.75) is 43.9 Å². The van der Waals surface area contributed by atoms with Gasteiger partial charge in [-0.05, 0) is 60.9 Å². The van der Waals surface area contributed by atoms with Crippen LogP contribution in [0.4, 0.5) is 18.9 Å². The molecule has 0 heterocycles. The van der Waals surface area contributed by atoms with E-state index in [9.17, 15) is 31.2 Å². The molecule has 0 spiro atoms. The minimum Gasteiger partial charge on any atom is -0.355 e. The van der Waals surface area contributed by atoms with E-state index in [4.69, 9.17) is 11.6 Å². The summed E-state index contributed by atoms with van der Waals surface area (Å²) in [7, 11) is -4.63. The summed E-state index contributed by atoms with van der Waals surface area (Å²) < 4.78 is 70.1. The summed E-state index contributed by atoms with van der Waals surface area (Å²) in [4.78, 5) is 29.0. The third-order valence-corrected chi connectivity index (χ3v) is 9.47. The summed E-state index contributed by atoms with van der Waals surface area (Å²) in [5.74, 6) is -1.29. The number of hydrogen-bond acceptors (Lipinski definition) is 4. The standard InChI is InChI=1S/C34H33ClF3N3O4S/c1-3-39-33(43)31(20-25-13-6-4-7-14-25)40(22-26-15-11-10-12-24(26)2)32(42)23-41(46(44,45)28-16-8-5-9-17-28)30-21-27(34(36,37)38)18-19-29(30)35/h4-19,21,31H,3,20,22-23H2,1-2H3,(H,39,43). The zero-order valence-electron chi connectivity index (χ0n) is 25.2. The van der Waals surface area contributed by atoms with Crippen LogP contribution in [0.3, 0.4) is 0 Å². The quantitative estimate of drug-likeness (QED) is 0.183. The summed E-state index contributed by atoms with van der Waals surface area (Å²) >= 11 is 6.35. The molecule has 4 aromatic rings. The van der Waals surface area contributed by atoms with E-state index in [1.54, 1.807) is 49.4 Å². The fraction of sp³-hybridized carbons (Fsp3) is 0.235. The molecule has 4 aromatic carbocycles. The first-order valence-electron chi connectivity index (χ1n) is 14.4. The predicted molar refractivity (Wildman–Crippen MR) is 172 cm³/mol. The summed E-state index contributed by atoms with van der Waals surface area (Å²) in [5, 5.41) is 2.46. The Kier molecular flexibility index (Phi) is 11.1. The number of amides is 2. The van der Waals surface area contributed by atoms with Crippen molar-refractivity contribution in [3.63, 3.8) is 0 Å². The number of carbonyl (C=O) groups excluding carboxylic acids is 2. The van der Waals surface area contributed by atoms with Gasteiger partial charge in [0, 0.05) is 19.5 Å². The van der Waals surface area contributed by atoms with E-state index in [1.807, 2.05) is 25.1 Å². The van der Waals surface area contributed by atoms with Crippen LogP contribution in [0.5, 0.6) is 0 Å². The molecule has 0 aromatic heterocycles. The summed E-state index contributed by atoms with van der Waals surface area (Å²) in [5.41, 5.74) is 0.601. The van der Waals surface area contributed by atoms with Crippen LogP contribution in [-0.4, -0.2) is 44.3 Å². The Morgan fingerprint density at radius 3 is 2.11 bits per heavy atom. The number of nitrogens with zero attached hydrogens (tertiary/aromatic N) is 2. The second-order valence-electron chi connectivity index (χ2n) is 10.5. The minimum absolute atomic E-state index is 0.0737. The zero-order chi connectivity index (χ0) is 33.5. The maximum atomic E-state index is 14.4. The highest BCUT2D eigenvalue weighted by molar-refractivity contribution is 7.92. The molecule has 12 heteroatoms. The third kappa shape index (κ3) is 8.27. The molecule has 1 unspecified atom stereocenters. The highest BCUT2D eigenvalue weighted by atomic mass is 35.5. The molecule has 0 saturated carbocycles. The van der Waals surface area contributed by atoms with Crippen LogP contribution in [0, 0.1) is 6.92 Å². The lowest BCUT2D eigenvalue weighted by molar-refractivity contribution is -0.140. The lowest BCUT2D eigenvalue weighted by Crippen LogP contribution is -2.53. The molecule has 242 valence electrons. The van der Waals surface area contributed by atoms with Gasteiger partial charge in [-0.25, -0.2) is 8.42 Å². The number of nitrogens with one attached hydrogen (secondary N) is 1. The van der Waals surface area contributed by atoms with E-state index >= 15 is 0 Å². The number of hydrogen-bond donors (Lipinski definition) is 1. The SMILES string of the molecule is CCNC(=O)C(Cc1ccccc1)N(Cc1ccccc1C)C(=O)CN(c1cc(C(F)(F)F)ccc1Cl)S(=O)(=O)c1ccccc1. The van der Waals surface area contributed by atoms with E-state index in [0.29, 0.717) is 15.9 Å². The first-order chi connectivity index (χ1) is 21.8. The van der Waals surface area contributed by atoms with Crippen LogP contribution >= 0.6 is 11.6 Å². The zero-order valence-corrected chi connectivity index (χ0v) is 26.7. The molecule has 7 nitrogen and oxygen atoms in total. The van der Waals surface area contributed by atoms with Gasteiger partial charge >= 0.3 is 6.18 Å². The van der Waals surface area contributed by atoms with Gasteiger partial charge in [0.25, 0.3) is 10.0 Å². The molecule has 0 fully saturated rings. The number of carbonyl (C=O) groups is 2. The fourth-order valence-electron chi connectivity index (χ4n) is 4.93. The van der Waals surface area contributed by atoms with Crippen LogP contribution in [-0.2, 0) is 38.8 Å². The molecule has 0 saturated heterocycles. The number of anilines is 1. The number of likely N-dealkylation sites (N-methyl/N-ethyl adjacent to an activating group) is 1. The van der Waals surface area contributed by atoms with Crippen molar-refractivity contribution in [2.24, 2.45) is 0 Å². The average Bonchev–Trinajstić information content (AvgIpc) is 3.03. The predicted octanol–water partition coefficient (Wildman–Crippen LogP) is 6.64. The average molecular weight is 672 g/mol. The van der Waals surface area contributed by atoms with Crippen molar-refractivity contribution in [3.05, 3.63) is 130 Å². The van der Waals surface area contributed by atoms with E-state index in [-0.39, 0.29) is 29.4 Å². The third-order valence-electron chi connectivity index (χ3n) is 7.38. The van der Waals surface area contributed by atoms with E-state index in [1.165, 1.54) is 29.2 Å². The van der Waals surface area contributed by atoms with Gasteiger partial charge in [-0.2, -0.15) is 13.2 Å². The molecule has 0 radical (unpaired) electrons. The van der Waals surface area contributed by atoms with Crippen LogP contribution in [0.15, 0.2) is 108 Å². The Hall–Kier alpha value is -4.35. The Bertz CT molecular complexity index is 1770. The van der Waals surface area contributed by atoms with E-state index < -0.39 is 51.9 Å². The van der Waals surface area contributed by atoms with Gasteiger partial charge in [-0.1, -0.05) is 84.4 Å². The maximum absolute atomic E-state index is 14.4. The van der Waals surface area contributed by atoms with Crippen molar-refractivity contribution in [2.75, 3.05) is 17.4 Å². The molecule has 0 aliphatic rings. The second kappa shape index (κ2) is 14.8. The summed E-state index contributed by atoms with van der Waals surface area (Å²) in [6.45, 7) is 2.83. The highest BCUT2D eigenvalue weighted by Gasteiger charge is 2.37. The van der Waals surface area contributed by atoms with Crippen LogP contribution < -0.4 is 9.62 Å². The molecule has 46 heavy (non-hydrogen) atoms. The van der Waals surface area contributed by atoms with Gasteiger partial charge in [0.1, 0.15) is 12.6 Å². The Morgan fingerprint density at radius 1 is 0.891 bits per heavy atom. The monoisotopic (exact) mass is 671 g/mol. The molecule has 4 rings (SSSR count). The number of aryl methyl sites for hydroxylation is 1. The lowest BCUT2D eigenvalue weighted by Gasteiger charge is -2.34. The Balaban J connectivity index is 1.87. The number of halogens is 4. The molecule has 0 aliphatic heterocycles. The van der Waals surface area contributed by atoms with Crippen molar-refractivity contribution in [3.8, 4) is 0 Å². The van der Waals surface area contributed by atoms with Crippen molar-refractivity contribution < 1.29 is 31.2 Å². The maximum Gasteiger partial charge on any atom is 0.416 e. The van der Waals surface area contributed by atoms with E-state index in [0.717, 1.165) is 23.3 Å². The number of benzene rings is 4. The van der Waals surface area contributed by atoms with E-state index in [2.05, 4.69) is 5.32 Å². The Labute approximate surface area is 271 Å². The summed E-state index contributed by atoms with van der Waals surface area (Å²) in [6, 6.07) is 24.4. The molecule has 0 aliphatic carbocycles. The normalized spacial score (nSPS) is 12.3. The van der Waals surface area contributed by atoms with Crippen LogP contribution in [0.1, 0.15) is 29.2 Å². The first kappa shape index (κ1) is 34.5. The smallest absolute Gasteiger partial charge is 0.355 e. The molecule has 0 bridgehead atoms. The molecule has 1 N–H and O–H groups in total. The van der Waals surface area contributed by atoms with Gasteiger partial charge in [-0.3, -0.25) is 13.9 Å². The Morgan fingerprint density at radius 2 is 1.50 bits per heavy atom. The molecule has 1 atom stereocenters. The van der Waals surface area contributed by atoms with Crippen molar-refractivity contribution in [1.82, 2.24) is 10.2 Å². The largest absolute Gasteiger partial charge is 0.416 e. The highest BCUT2D eigenvalue weighted by Crippen LogP contribution is 2.37.